The van der Waals surface area contributed by atoms with Gasteiger partial charge in [0.1, 0.15) is 5.82 Å². The van der Waals surface area contributed by atoms with Crippen molar-refractivity contribution in [1.29, 1.82) is 0 Å². The van der Waals surface area contributed by atoms with Gasteiger partial charge in [0.15, 0.2) is 0 Å². The molecule has 166 valence electrons. The van der Waals surface area contributed by atoms with Crippen molar-refractivity contribution in [2.45, 2.75) is 31.7 Å². The van der Waals surface area contributed by atoms with E-state index in [4.69, 9.17) is 4.42 Å². The molecule has 2 N–H and O–H groups in total. The number of likely N-dealkylation sites (tertiary alicyclic amines) is 1. The van der Waals surface area contributed by atoms with Crippen molar-refractivity contribution in [3.63, 3.8) is 0 Å². The molecule has 7 nitrogen and oxygen atoms in total. The summed E-state index contributed by atoms with van der Waals surface area (Å²) >= 11 is 0. The SMILES string of the molecule is O=C(Nc1ccc(-c2nnc(NCCCN3CC4CCC3C4)o2)cc1)c1ccccc1F. The van der Waals surface area contributed by atoms with E-state index in [-0.39, 0.29) is 5.56 Å². The molecule has 2 unspecified atom stereocenters. The second-order valence-corrected chi connectivity index (χ2v) is 8.53. The van der Waals surface area contributed by atoms with Gasteiger partial charge >= 0.3 is 6.01 Å². The van der Waals surface area contributed by atoms with Crippen molar-refractivity contribution in [1.82, 2.24) is 15.1 Å². The summed E-state index contributed by atoms with van der Waals surface area (Å²) in [5.41, 5.74) is 1.29. The average molecular weight is 436 g/mol. The van der Waals surface area contributed by atoms with E-state index in [1.54, 1.807) is 36.4 Å². The standard InChI is InChI=1S/C24H26FN5O2/c25-21-5-2-1-4-20(21)22(31)27-18-9-7-17(8-10-18)23-28-29-24(32-23)26-12-3-13-30-15-16-6-11-19(30)14-16/h1-2,4-5,7-10,16,19H,3,6,11-15H2,(H,26,29)(H,27,31). The number of piperidine rings is 1. The number of fused-ring (bicyclic) bond motifs is 2. The van der Waals surface area contributed by atoms with Crippen LogP contribution >= 0.6 is 0 Å². The molecule has 2 atom stereocenters. The van der Waals surface area contributed by atoms with Crippen LogP contribution in [0.2, 0.25) is 0 Å². The largest absolute Gasteiger partial charge is 0.403 e. The maximum atomic E-state index is 13.8. The maximum absolute atomic E-state index is 13.8. The first kappa shape index (κ1) is 20.6. The van der Waals surface area contributed by atoms with Gasteiger partial charge in [-0.3, -0.25) is 4.79 Å². The number of aromatic nitrogens is 2. The topological polar surface area (TPSA) is 83.3 Å². The quantitative estimate of drug-likeness (QED) is 0.510. The lowest BCUT2D eigenvalue weighted by atomic mass is 10.1. The summed E-state index contributed by atoms with van der Waals surface area (Å²) in [7, 11) is 0. The van der Waals surface area contributed by atoms with E-state index in [2.05, 4.69) is 25.7 Å². The van der Waals surface area contributed by atoms with Crippen LogP contribution < -0.4 is 10.6 Å². The van der Waals surface area contributed by atoms with Gasteiger partial charge in [-0.1, -0.05) is 17.2 Å². The molecule has 2 bridgehead atoms. The third-order valence-electron chi connectivity index (χ3n) is 6.35. The summed E-state index contributed by atoms with van der Waals surface area (Å²) in [5.74, 6) is 0.268. The lowest BCUT2D eigenvalue weighted by Gasteiger charge is -2.26. The summed E-state index contributed by atoms with van der Waals surface area (Å²) in [5, 5.41) is 14.1. The number of anilines is 2. The zero-order chi connectivity index (χ0) is 21.9. The lowest BCUT2D eigenvalue weighted by molar-refractivity contribution is 0.102. The minimum absolute atomic E-state index is 0.00132. The molecule has 0 radical (unpaired) electrons. The zero-order valence-electron chi connectivity index (χ0n) is 17.8. The Kier molecular flexibility index (Phi) is 5.85. The number of nitrogens with zero attached hydrogens (tertiary/aromatic N) is 3. The van der Waals surface area contributed by atoms with Gasteiger partial charge in [0.05, 0.1) is 5.56 Å². The molecule has 0 spiro atoms. The number of rotatable bonds is 8. The predicted octanol–water partition coefficient (Wildman–Crippen LogP) is 4.41. The Labute approximate surface area is 186 Å². The molecule has 1 amide bonds. The molecular formula is C24H26FN5O2. The summed E-state index contributed by atoms with van der Waals surface area (Å²) in [4.78, 5) is 14.8. The molecule has 2 aliphatic rings. The van der Waals surface area contributed by atoms with Gasteiger partial charge in [0, 0.05) is 36.9 Å². The second kappa shape index (κ2) is 9.08. The highest BCUT2D eigenvalue weighted by atomic mass is 19.1. The first-order valence-corrected chi connectivity index (χ1v) is 11.1. The normalized spacial score (nSPS) is 19.9. The van der Waals surface area contributed by atoms with Gasteiger partial charge in [-0.15, -0.1) is 5.10 Å². The van der Waals surface area contributed by atoms with Crippen LogP contribution in [-0.2, 0) is 0 Å². The average Bonchev–Trinajstić information content (AvgIpc) is 3.55. The molecule has 2 fully saturated rings. The lowest BCUT2D eigenvalue weighted by Crippen LogP contribution is -2.33. The van der Waals surface area contributed by atoms with Crippen LogP contribution in [0.1, 0.15) is 36.0 Å². The molecule has 1 aliphatic heterocycles. The number of nitrogens with one attached hydrogen (secondary N) is 2. The van der Waals surface area contributed by atoms with E-state index in [1.165, 1.54) is 37.9 Å². The molecule has 5 rings (SSSR count). The second-order valence-electron chi connectivity index (χ2n) is 8.53. The highest BCUT2D eigenvalue weighted by Gasteiger charge is 2.36. The monoisotopic (exact) mass is 435 g/mol. The van der Waals surface area contributed by atoms with Crippen LogP contribution in [-0.4, -0.2) is 46.7 Å². The number of carbonyl (C=O) groups excluding carboxylic acids is 1. The van der Waals surface area contributed by atoms with Gasteiger partial charge in [0.25, 0.3) is 5.91 Å². The minimum Gasteiger partial charge on any atom is -0.403 e. The Bertz CT molecular complexity index is 1080. The van der Waals surface area contributed by atoms with E-state index in [9.17, 15) is 9.18 Å². The van der Waals surface area contributed by atoms with Crippen LogP contribution in [0.3, 0.4) is 0 Å². The van der Waals surface area contributed by atoms with Gasteiger partial charge in [-0.05, 0) is 68.0 Å². The first-order valence-electron chi connectivity index (χ1n) is 11.1. The van der Waals surface area contributed by atoms with E-state index in [0.29, 0.717) is 17.6 Å². The molecule has 2 heterocycles. The first-order chi connectivity index (χ1) is 15.7. The fraction of sp³-hybridized carbons (Fsp3) is 0.375. The number of amides is 1. The summed E-state index contributed by atoms with van der Waals surface area (Å²) in [6.07, 6.45) is 5.18. The fourth-order valence-electron chi connectivity index (χ4n) is 4.73. The van der Waals surface area contributed by atoms with Crippen LogP contribution in [0, 0.1) is 11.7 Å². The van der Waals surface area contributed by atoms with Crippen LogP contribution in [0.15, 0.2) is 52.9 Å². The molecule has 1 saturated heterocycles. The van der Waals surface area contributed by atoms with Crippen LogP contribution in [0.4, 0.5) is 16.1 Å². The number of hydrogen-bond acceptors (Lipinski definition) is 6. The Morgan fingerprint density at radius 1 is 1.12 bits per heavy atom. The third-order valence-corrected chi connectivity index (χ3v) is 6.35. The summed E-state index contributed by atoms with van der Waals surface area (Å²) in [6.45, 7) is 3.15. The molecule has 8 heteroatoms. The molecule has 32 heavy (non-hydrogen) atoms. The summed E-state index contributed by atoms with van der Waals surface area (Å²) < 4.78 is 19.5. The molecule has 2 aromatic carbocycles. The van der Waals surface area contributed by atoms with E-state index in [0.717, 1.165) is 37.0 Å². The summed E-state index contributed by atoms with van der Waals surface area (Å²) in [6, 6.07) is 14.1. The number of benzene rings is 2. The van der Waals surface area contributed by atoms with Gasteiger partial charge in [-0.2, -0.15) is 0 Å². The van der Waals surface area contributed by atoms with Crippen molar-refractivity contribution < 1.29 is 13.6 Å². The smallest absolute Gasteiger partial charge is 0.315 e. The minimum atomic E-state index is -0.555. The zero-order valence-corrected chi connectivity index (χ0v) is 17.8. The molecule has 1 aromatic heterocycles. The number of halogens is 1. The van der Waals surface area contributed by atoms with E-state index < -0.39 is 11.7 Å². The Hall–Kier alpha value is -3.26. The number of carbonyl (C=O) groups is 1. The van der Waals surface area contributed by atoms with Crippen molar-refractivity contribution >= 4 is 17.6 Å². The highest BCUT2D eigenvalue weighted by Crippen LogP contribution is 2.37. The molecule has 1 saturated carbocycles. The molecular weight excluding hydrogens is 409 g/mol. The van der Waals surface area contributed by atoms with Crippen molar-refractivity contribution in [3.8, 4) is 11.5 Å². The van der Waals surface area contributed by atoms with E-state index in [1.807, 2.05) is 0 Å². The Morgan fingerprint density at radius 3 is 2.72 bits per heavy atom. The van der Waals surface area contributed by atoms with Crippen molar-refractivity contribution in [2.24, 2.45) is 5.92 Å². The predicted molar refractivity (Wildman–Crippen MR) is 120 cm³/mol. The Balaban J connectivity index is 1.11. The fourth-order valence-corrected chi connectivity index (χ4v) is 4.73. The third kappa shape index (κ3) is 4.50. The van der Waals surface area contributed by atoms with Crippen molar-refractivity contribution in [2.75, 3.05) is 30.3 Å². The van der Waals surface area contributed by atoms with Crippen LogP contribution in [0.25, 0.3) is 11.5 Å². The Morgan fingerprint density at radius 2 is 1.97 bits per heavy atom. The van der Waals surface area contributed by atoms with Gasteiger partial charge < -0.3 is 20.0 Å². The van der Waals surface area contributed by atoms with E-state index >= 15 is 0 Å². The maximum Gasteiger partial charge on any atom is 0.315 e. The molecule has 1 aliphatic carbocycles. The van der Waals surface area contributed by atoms with Gasteiger partial charge in [0.2, 0.25) is 5.89 Å². The van der Waals surface area contributed by atoms with Gasteiger partial charge in [-0.25, -0.2) is 4.39 Å². The molecule has 3 aromatic rings. The van der Waals surface area contributed by atoms with Crippen LogP contribution in [0.5, 0.6) is 0 Å². The number of hydrogen-bond donors (Lipinski definition) is 2. The highest BCUT2D eigenvalue weighted by molar-refractivity contribution is 6.04. The van der Waals surface area contributed by atoms with Crippen molar-refractivity contribution in [3.05, 3.63) is 59.9 Å².